The van der Waals surface area contributed by atoms with Crippen LogP contribution in [-0.2, 0) is 0 Å². The molecule has 2 N–H and O–H groups in total. The number of nitrogens with zero attached hydrogens (tertiary/aromatic N) is 1. The van der Waals surface area contributed by atoms with Crippen LogP contribution in [0.2, 0.25) is 0 Å². The number of amides is 1. The minimum Gasteiger partial charge on any atom is -0.493 e. The second-order valence-electron chi connectivity index (χ2n) is 6.54. The van der Waals surface area contributed by atoms with Gasteiger partial charge in [-0.15, -0.1) is 24.8 Å². The van der Waals surface area contributed by atoms with E-state index >= 15 is 0 Å². The Labute approximate surface area is 189 Å². The third kappa shape index (κ3) is 5.53. The Morgan fingerprint density at radius 2 is 1.73 bits per heavy atom. The molecule has 8 heteroatoms. The molecule has 0 spiro atoms. The molecule has 0 aliphatic rings. The Morgan fingerprint density at radius 1 is 1.03 bits per heavy atom. The van der Waals surface area contributed by atoms with Gasteiger partial charge >= 0.3 is 0 Å². The highest BCUT2D eigenvalue weighted by atomic mass is 35.5. The van der Waals surface area contributed by atoms with Crippen molar-refractivity contribution in [1.29, 1.82) is 0 Å². The molecule has 3 rings (SSSR count). The van der Waals surface area contributed by atoms with Gasteiger partial charge in [0.25, 0.3) is 5.91 Å². The number of methoxy groups -OCH3 is 2. The minimum absolute atomic E-state index is 0. The number of para-hydroxylation sites is 1. The number of halogens is 2. The summed E-state index contributed by atoms with van der Waals surface area (Å²) in [5, 5.41) is 6.92. The number of aromatic nitrogens is 1. The Morgan fingerprint density at radius 3 is 2.40 bits per heavy atom. The highest BCUT2D eigenvalue weighted by Crippen LogP contribution is 2.33. The van der Waals surface area contributed by atoms with E-state index in [9.17, 15) is 4.79 Å². The molecular formula is C22H27Cl2N3O3. The van der Waals surface area contributed by atoms with Crippen molar-refractivity contribution >= 4 is 41.6 Å². The van der Waals surface area contributed by atoms with Crippen molar-refractivity contribution in [3.8, 4) is 22.8 Å². The first kappa shape index (κ1) is 25.5. The Balaban J connectivity index is 0.00000225. The number of pyridine rings is 1. The van der Waals surface area contributed by atoms with Crippen LogP contribution in [0.3, 0.4) is 0 Å². The molecule has 1 amide bonds. The molecule has 162 valence electrons. The van der Waals surface area contributed by atoms with E-state index in [0.29, 0.717) is 29.3 Å². The normalized spacial score (nSPS) is 11.1. The van der Waals surface area contributed by atoms with Crippen LogP contribution < -0.4 is 20.1 Å². The smallest absolute Gasteiger partial charge is 0.252 e. The van der Waals surface area contributed by atoms with Crippen molar-refractivity contribution in [1.82, 2.24) is 15.6 Å². The number of benzene rings is 2. The average molecular weight is 452 g/mol. The third-order valence-corrected chi connectivity index (χ3v) is 4.70. The molecule has 0 radical (unpaired) electrons. The predicted octanol–water partition coefficient (Wildman–Crippen LogP) is 4.10. The lowest BCUT2D eigenvalue weighted by atomic mass is 10.0. The van der Waals surface area contributed by atoms with Crippen molar-refractivity contribution in [3.05, 3.63) is 54.1 Å². The molecule has 1 aromatic heterocycles. The molecule has 0 saturated carbocycles. The molecule has 0 aliphatic heterocycles. The number of nitrogens with one attached hydrogen (secondary N) is 2. The summed E-state index contributed by atoms with van der Waals surface area (Å²) in [5.74, 6) is 1.14. The van der Waals surface area contributed by atoms with Gasteiger partial charge in [-0.25, -0.2) is 4.98 Å². The van der Waals surface area contributed by atoms with Crippen LogP contribution in [-0.4, -0.2) is 44.7 Å². The zero-order chi connectivity index (χ0) is 20.1. The van der Waals surface area contributed by atoms with Crippen LogP contribution in [0.5, 0.6) is 11.5 Å². The van der Waals surface area contributed by atoms with E-state index in [4.69, 9.17) is 14.5 Å². The molecule has 30 heavy (non-hydrogen) atoms. The highest BCUT2D eigenvalue weighted by molar-refractivity contribution is 6.07. The van der Waals surface area contributed by atoms with Crippen molar-refractivity contribution in [2.75, 3.05) is 27.8 Å². The molecule has 2 aromatic carbocycles. The van der Waals surface area contributed by atoms with E-state index in [-0.39, 0.29) is 36.8 Å². The van der Waals surface area contributed by atoms with Crippen LogP contribution in [0.4, 0.5) is 0 Å². The lowest BCUT2D eigenvalue weighted by Gasteiger charge is -2.14. The van der Waals surface area contributed by atoms with Gasteiger partial charge in [0.15, 0.2) is 11.5 Å². The Hall–Kier alpha value is -2.54. The molecular weight excluding hydrogens is 425 g/mol. The highest BCUT2D eigenvalue weighted by Gasteiger charge is 2.15. The van der Waals surface area contributed by atoms with E-state index in [1.165, 1.54) is 0 Å². The topological polar surface area (TPSA) is 72.5 Å². The van der Waals surface area contributed by atoms with E-state index in [2.05, 4.69) is 10.6 Å². The summed E-state index contributed by atoms with van der Waals surface area (Å²) in [7, 11) is 5.06. The molecule has 0 fully saturated rings. The van der Waals surface area contributed by atoms with E-state index in [1.54, 1.807) is 14.2 Å². The molecule has 1 heterocycles. The fourth-order valence-corrected chi connectivity index (χ4v) is 2.95. The first-order chi connectivity index (χ1) is 13.6. The number of carbonyl (C=O) groups excluding carboxylic acids is 1. The van der Waals surface area contributed by atoms with Crippen LogP contribution in [0, 0.1) is 0 Å². The fraction of sp³-hybridized carbons (Fsp3) is 0.273. The summed E-state index contributed by atoms with van der Waals surface area (Å²) in [4.78, 5) is 17.6. The summed E-state index contributed by atoms with van der Waals surface area (Å²) < 4.78 is 10.7. The summed E-state index contributed by atoms with van der Waals surface area (Å²) in [6, 6.07) is 15.3. The molecule has 1 unspecified atom stereocenters. The van der Waals surface area contributed by atoms with Gasteiger partial charge < -0.3 is 20.1 Å². The number of likely N-dealkylation sites (N-methyl/N-ethyl adjacent to an activating group) is 1. The predicted molar refractivity (Wildman–Crippen MR) is 126 cm³/mol. The molecule has 3 aromatic rings. The maximum Gasteiger partial charge on any atom is 0.252 e. The largest absolute Gasteiger partial charge is 0.493 e. The molecule has 1 atom stereocenters. The maximum atomic E-state index is 12.9. The standard InChI is InChI=1S/C22H25N3O3.2ClH/c1-14(23-2)13-24-22(26)17-12-19(25-18-8-6-5-7-16(17)18)15-9-10-20(27-3)21(11-15)28-4;;/h5-12,14,23H,13H2,1-4H3,(H,24,26);2*1H. The van der Waals surface area contributed by atoms with Gasteiger partial charge in [0.2, 0.25) is 0 Å². The van der Waals surface area contributed by atoms with Crippen molar-refractivity contribution < 1.29 is 14.3 Å². The van der Waals surface area contributed by atoms with Gasteiger partial charge in [-0.3, -0.25) is 4.79 Å². The van der Waals surface area contributed by atoms with Gasteiger partial charge in [0, 0.05) is 23.5 Å². The first-order valence-electron chi connectivity index (χ1n) is 9.15. The quantitative estimate of drug-likeness (QED) is 0.565. The number of ether oxygens (including phenoxy) is 2. The van der Waals surface area contributed by atoms with Crippen molar-refractivity contribution in [2.24, 2.45) is 0 Å². The van der Waals surface area contributed by atoms with Crippen molar-refractivity contribution in [2.45, 2.75) is 13.0 Å². The van der Waals surface area contributed by atoms with Gasteiger partial charge in [-0.05, 0) is 44.3 Å². The van der Waals surface area contributed by atoms with E-state index < -0.39 is 0 Å². The summed E-state index contributed by atoms with van der Waals surface area (Å²) in [5.41, 5.74) is 2.91. The zero-order valence-corrected chi connectivity index (χ0v) is 19.0. The molecule has 0 saturated heterocycles. The number of fused-ring (bicyclic) bond motifs is 1. The van der Waals surface area contributed by atoms with Crippen molar-refractivity contribution in [3.63, 3.8) is 0 Å². The Bertz CT molecular complexity index is 999. The van der Waals surface area contributed by atoms with Gasteiger partial charge in [-0.2, -0.15) is 0 Å². The Kier molecular flexibility index (Phi) is 9.85. The lowest BCUT2D eigenvalue weighted by Crippen LogP contribution is -2.37. The van der Waals surface area contributed by atoms with E-state index in [0.717, 1.165) is 16.5 Å². The maximum absolute atomic E-state index is 12.9. The third-order valence-electron chi connectivity index (χ3n) is 4.70. The molecule has 0 aliphatic carbocycles. The van der Waals surface area contributed by atoms with Crippen LogP contribution >= 0.6 is 24.8 Å². The summed E-state index contributed by atoms with van der Waals surface area (Å²) in [6.07, 6.45) is 0. The second-order valence-corrected chi connectivity index (χ2v) is 6.54. The average Bonchev–Trinajstić information content (AvgIpc) is 2.75. The SMILES string of the molecule is CNC(C)CNC(=O)c1cc(-c2ccc(OC)c(OC)c2)nc2ccccc12.Cl.Cl. The van der Waals surface area contributed by atoms with Crippen LogP contribution in [0.1, 0.15) is 17.3 Å². The summed E-state index contributed by atoms with van der Waals surface area (Å²) in [6.45, 7) is 2.55. The monoisotopic (exact) mass is 451 g/mol. The minimum atomic E-state index is -0.123. The fourth-order valence-electron chi connectivity index (χ4n) is 2.95. The van der Waals surface area contributed by atoms with Crippen LogP contribution in [0.15, 0.2) is 48.5 Å². The van der Waals surface area contributed by atoms with E-state index in [1.807, 2.05) is 62.5 Å². The number of hydrogen-bond donors (Lipinski definition) is 2. The van der Waals surface area contributed by atoms with Gasteiger partial charge in [0.1, 0.15) is 0 Å². The molecule has 0 bridgehead atoms. The number of hydrogen-bond acceptors (Lipinski definition) is 5. The van der Waals surface area contributed by atoms with Gasteiger partial charge in [-0.1, -0.05) is 18.2 Å². The second kappa shape index (κ2) is 11.6. The first-order valence-corrected chi connectivity index (χ1v) is 9.15. The zero-order valence-electron chi connectivity index (χ0n) is 17.4. The number of rotatable bonds is 7. The molecule has 6 nitrogen and oxygen atoms in total. The van der Waals surface area contributed by atoms with Crippen LogP contribution in [0.25, 0.3) is 22.2 Å². The van der Waals surface area contributed by atoms with Gasteiger partial charge in [0.05, 0.1) is 31.0 Å². The summed E-state index contributed by atoms with van der Waals surface area (Å²) >= 11 is 0. The lowest BCUT2D eigenvalue weighted by molar-refractivity contribution is 0.0952. The number of carbonyl (C=O) groups is 1.